The van der Waals surface area contributed by atoms with E-state index in [0.29, 0.717) is 40.9 Å². The van der Waals surface area contributed by atoms with E-state index in [-0.39, 0.29) is 5.56 Å². The number of imidazole rings is 1. The van der Waals surface area contributed by atoms with Crippen molar-refractivity contribution in [2.45, 2.75) is 19.4 Å². The monoisotopic (exact) mass is 497 g/mol. The van der Waals surface area contributed by atoms with Crippen LogP contribution >= 0.6 is 0 Å². The first-order valence-corrected chi connectivity index (χ1v) is 12.6. The number of ether oxygens (including phenoxy) is 1. The molecule has 8 nitrogen and oxygen atoms in total. The van der Waals surface area contributed by atoms with Crippen molar-refractivity contribution in [3.8, 4) is 34.5 Å². The molecule has 0 N–H and O–H groups in total. The van der Waals surface area contributed by atoms with Gasteiger partial charge in [0.2, 0.25) is 5.88 Å². The lowest BCUT2D eigenvalue weighted by Gasteiger charge is -2.29. The highest BCUT2D eigenvalue weighted by atomic mass is 19.1. The predicted octanol–water partition coefficient (Wildman–Crippen LogP) is 4.34. The summed E-state index contributed by atoms with van der Waals surface area (Å²) in [5, 5.41) is 9.24. The van der Waals surface area contributed by atoms with Gasteiger partial charge in [0.15, 0.2) is 0 Å². The van der Waals surface area contributed by atoms with Crippen LogP contribution in [0.25, 0.3) is 33.5 Å². The number of piperidine rings is 1. The summed E-state index contributed by atoms with van der Waals surface area (Å²) in [5.74, 6) is 0.551. The summed E-state index contributed by atoms with van der Waals surface area (Å²) in [4.78, 5) is 18.9. The quantitative estimate of drug-likeness (QED) is 0.415. The van der Waals surface area contributed by atoms with E-state index in [0.717, 1.165) is 55.7 Å². The molecule has 2 aliphatic rings. The zero-order chi connectivity index (χ0) is 25.5. The first-order chi connectivity index (χ1) is 18.0. The maximum atomic E-state index is 14.8. The zero-order valence-corrected chi connectivity index (χ0v) is 21.0. The van der Waals surface area contributed by atoms with Crippen LogP contribution in [-0.2, 0) is 6.54 Å². The Hall–Kier alpha value is -4.03. The van der Waals surface area contributed by atoms with E-state index in [2.05, 4.69) is 21.4 Å². The minimum absolute atomic E-state index is 0.00146. The van der Waals surface area contributed by atoms with Crippen molar-refractivity contribution in [3.63, 3.8) is 0 Å². The van der Waals surface area contributed by atoms with Gasteiger partial charge in [-0.2, -0.15) is 5.26 Å². The standard InChI is InChI=1S/C28H28FN7O/c1-34-9-7-18(8-10-34)16-36-17-32-27-24(36)15-31-26(25(27)19-3-4-20(14-30)21(29)13-19)22-5-6-23-28(33-22)37-12-11-35(23)2/h3-6,13,15,17-18H,7-12,16H2,1-2H3. The molecule has 1 fully saturated rings. The lowest BCUT2D eigenvalue weighted by molar-refractivity contribution is 0.206. The van der Waals surface area contributed by atoms with E-state index >= 15 is 0 Å². The largest absolute Gasteiger partial charge is 0.474 e. The second-order valence-corrected chi connectivity index (χ2v) is 9.96. The summed E-state index contributed by atoms with van der Waals surface area (Å²) < 4.78 is 22.8. The van der Waals surface area contributed by atoms with Crippen molar-refractivity contribution in [1.29, 1.82) is 5.26 Å². The number of likely N-dealkylation sites (N-methyl/N-ethyl adjacent to an activating group) is 1. The lowest BCUT2D eigenvalue weighted by Crippen LogP contribution is -2.31. The maximum Gasteiger partial charge on any atom is 0.238 e. The first-order valence-electron chi connectivity index (χ1n) is 12.6. The molecule has 0 saturated carbocycles. The van der Waals surface area contributed by atoms with Crippen molar-refractivity contribution in [2.24, 2.45) is 5.92 Å². The Kier molecular flexibility index (Phi) is 5.97. The summed E-state index contributed by atoms with van der Waals surface area (Å²) in [6, 6.07) is 10.4. The minimum atomic E-state index is -0.572. The number of hydrogen-bond donors (Lipinski definition) is 0. The molecule has 1 aromatic carbocycles. The summed E-state index contributed by atoms with van der Waals surface area (Å²) in [6.07, 6.45) is 5.98. The summed E-state index contributed by atoms with van der Waals surface area (Å²) in [6.45, 7) is 4.40. The Balaban J connectivity index is 1.49. The van der Waals surface area contributed by atoms with Crippen LogP contribution in [0.4, 0.5) is 10.1 Å². The number of likely N-dealkylation sites (tertiary alicyclic amines) is 1. The number of benzene rings is 1. The second-order valence-electron chi connectivity index (χ2n) is 9.96. The van der Waals surface area contributed by atoms with Crippen LogP contribution in [-0.4, -0.2) is 64.8 Å². The molecule has 9 heteroatoms. The second kappa shape index (κ2) is 9.45. The highest BCUT2D eigenvalue weighted by Gasteiger charge is 2.24. The molecular formula is C28H28FN7O. The van der Waals surface area contributed by atoms with Crippen LogP contribution in [0.15, 0.2) is 42.9 Å². The number of hydrogen-bond acceptors (Lipinski definition) is 7. The van der Waals surface area contributed by atoms with Gasteiger partial charge in [0.25, 0.3) is 0 Å². The fraction of sp³-hybridized carbons (Fsp3) is 0.357. The first kappa shape index (κ1) is 23.4. The zero-order valence-electron chi connectivity index (χ0n) is 21.0. The Bertz CT molecular complexity index is 1520. The number of anilines is 1. The summed E-state index contributed by atoms with van der Waals surface area (Å²) in [5.41, 5.74) is 5.08. The van der Waals surface area contributed by atoms with Crippen molar-refractivity contribution >= 4 is 16.7 Å². The molecule has 0 bridgehead atoms. The molecule has 5 heterocycles. The molecule has 0 amide bonds. The molecular weight excluding hydrogens is 469 g/mol. The molecule has 0 unspecified atom stereocenters. The number of fused-ring (bicyclic) bond motifs is 2. The molecule has 2 aliphatic heterocycles. The van der Waals surface area contributed by atoms with E-state index in [1.807, 2.05) is 37.8 Å². The van der Waals surface area contributed by atoms with Gasteiger partial charge in [0.05, 0.1) is 47.2 Å². The average Bonchev–Trinajstić information content (AvgIpc) is 3.32. The van der Waals surface area contributed by atoms with Gasteiger partial charge >= 0.3 is 0 Å². The van der Waals surface area contributed by atoms with Crippen LogP contribution in [0.1, 0.15) is 18.4 Å². The normalized spacial score (nSPS) is 16.4. The third kappa shape index (κ3) is 4.27. The molecule has 6 rings (SSSR count). The number of pyridine rings is 2. The Morgan fingerprint density at radius 1 is 1.11 bits per heavy atom. The molecule has 0 spiro atoms. The van der Waals surface area contributed by atoms with E-state index in [1.54, 1.807) is 6.07 Å². The van der Waals surface area contributed by atoms with Crippen LogP contribution in [0.2, 0.25) is 0 Å². The number of halogens is 1. The van der Waals surface area contributed by atoms with Crippen LogP contribution in [0.3, 0.4) is 0 Å². The van der Waals surface area contributed by atoms with E-state index in [1.165, 1.54) is 12.1 Å². The highest BCUT2D eigenvalue weighted by molar-refractivity contribution is 5.98. The van der Waals surface area contributed by atoms with Gasteiger partial charge in [0.1, 0.15) is 24.0 Å². The molecule has 1 saturated heterocycles. The fourth-order valence-electron chi connectivity index (χ4n) is 5.28. The third-order valence-electron chi connectivity index (χ3n) is 7.50. The maximum absolute atomic E-state index is 14.8. The van der Waals surface area contributed by atoms with Gasteiger partial charge in [-0.1, -0.05) is 6.07 Å². The number of nitrogens with zero attached hydrogens (tertiary/aromatic N) is 7. The van der Waals surface area contributed by atoms with Crippen molar-refractivity contribution in [1.82, 2.24) is 24.4 Å². The Morgan fingerprint density at radius 3 is 2.73 bits per heavy atom. The summed E-state index contributed by atoms with van der Waals surface area (Å²) >= 11 is 0. The number of aromatic nitrogens is 4. The fourth-order valence-corrected chi connectivity index (χ4v) is 5.28. The van der Waals surface area contributed by atoms with Crippen molar-refractivity contribution in [3.05, 3.63) is 54.2 Å². The SMILES string of the molecule is CN1CCC(Cn2cnc3c(-c4ccc(C#N)c(F)c4)c(-c4ccc5c(n4)OCCN5C)ncc32)CC1. The third-order valence-corrected chi connectivity index (χ3v) is 7.50. The minimum Gasteiger partial charge on any atom is -0.474 e. The van der Waals surface area contributed by atoms with Gasteiger partial charge in [-0.15, -0.1) is 0 Å². The van der Waals surface area contributed by atoms with Crippen molar-refractivity contribution in [2.75, 3.05) is 45.2 Å². The molecule has 188 valence electrons. The number of nitriles is 1. The molecule has 3 aromatic heterocycles. The van der Waals surface area contributed by atoms with E-state index < -0.39 is 5.82 Å². The van der Waals surface area contributed by atoms with Crippen LogP contribution in [0, 0.1) is 23.1 Å². The van der Waals surface area contributed by atoms with Gasteiger partial charge < -0.3 is 19.1 Å². The van der Waals surface area contributed by atoms with Crippen molar-refractivity contribution < 1.29 is 9.13 Å². The summed E-state index contributed by atoms with van der Waals surface area (Å²) in [7, 11) is 4.17. The molecule has 4 aromatic rings. The Labute approximate surface area is 214 Å². The predicted molar refractivity (Wildman–Crippen MR) is 140 cm³/mol. The highest BCUT2D eigenvalue weighted by Crippen LogP contribution is 2.38. The smallest absolute Gasteiger partial charge is 0.238 e. The molecule has 37 heavy (non-hydrogen) atoms. The van der Waals surface area contributed by atoms with Crippen LogP contribution < -0.4 is 9.64 Å². The Morgan fingerprint density at radius 2 is 1.95 bits per heavy atom. The van der Waals surface area contributed by atoms with Gasteiger partial charge in [-0.05, 0) is 68.7 Å². The topological polar surface area (TPSA) is 83.1 Å². The van der Waals surface area contributed by atoms with Gasteiger partial charge in [0, 0.05) is 19.2 Å². The lowest BCUT2D eigenvalue weighted by atomic mass is 9.97. The van der Waals surface area contributed by atoms with E-state index in [9.17, 15) is 9.65 Å². The molecule has 0 aliphatic carbocycles. The van der Waals surface area contributed by atoms with Crippen LogP contribution in [0.5, 0.6) is 5.88 Å². The average molecular weight is 498 g/mol. The molecule has 0 radical (unpaired) electrons. The molecule has 0 atom stereocenters. The van der Waals surface area contributed by atoms with Gasteiger partial charge in [-0.3, -0.25) is 4.98 Å². The van der Waals surface area contributed by atoms with E-state index in [4.69, 9.17) is 19.7 Å². The van der Waals surface area contributed by atoms with Gasteiger partial charge in [-0.25, -0.2) is 14.4 Å². The number of rotatable bonds is 4.